The van der Waals surface area contributed by atoms with Gasteiger partial charge in [0.15, 0.2) is 0 Å². The van der Waals surface area contributed by atoms with E-state index in [1.165, 1.54) is 7.11 Å². The number of carbonyl (C=O) groups excluding carboxylic acids is 1. The van der Waals surface area contributed by atoms with E-state index in [1.807, 2.05) is 11.9 Å². The van der Waals surface area contributed by atoms with Crippen molar-refractivity contribution >= 4 is 23.2 Å². The van der Waals surface area contributed by atoms with Crippen molar-refractivity contribution in [2.45, 2.75) is 6.42 Å². The van der Waals surface area contributed by atoms with Gasteiger partial charge in [0.1, 0.15) is 0 Å². The molecule has 1 aliphatic heterocycles. The standard InChI is InChI=1S/C7H11NO2S/c1-8-4-5(3-6(8)11)7(9)10-2/h5H,3-4H2,1-2H3/t5-/m1/s1. The van der Waals surface area contributed by atoms with Gasteiger partial charge in [0.2, 0.25) is 0 Å². The highest BCUT2D eigenvalue weighted by Crippen LogP contribution is 2.18. The summed E-state index contributed by atoms with van der Waals surface area (Å²) in [5.74, 6) is -0.200. The van der Waals surface area contributed by atoms with E-state index in [2.05, 4.69) is 4.74 Å². The molecule has 11 heavy (non-hydrogen) atoms. The zero-order valence-corrected chi connectivity index (χ0v) is 7.48. The summed E-state index contributed by atoms with van der Waals surface area (Å²) in [5, 5.41) is 0. The summed E-state index contributed by atoms with van der Waals surface area (Å²) in [4.78, 5) is 13.8. The first-order chi connectivity index (χ1) is 5.15. The normalized spacial score (nSPS) is 24.0. The average Bonchev–Trinajstić information content (AvgIpc) is 2.31. The second-order valence-electron chi connectivity index (χ2n) is 2.70. The summed E-state index contributed by atoms with van der Waals surface area (Å²) in [6.45, 7) is 0.700. The van der Waals surface area contributed by atoms with Crippen LogP contribution in [0.3, 0.4) is 0 Å². The van der Waals surface area contributed by atoms with E-state index in [0.717, 1.165) is 4.99 Å². The lowest BCUT2D eigenvalue weighted by Crippen LogP contribution is -2.21. The van der Waals surface area contributed by atoms with E-state index in [1.54, 1.807) is 0 Å². The lowest BCUT2D eigenvalue weighted by Gasteiger charge is -2.09. The topological polar surface area (TPSA) is 29.5 Å². The van der Waals surface area contributed by atoms with Gasteiger partial charge in [-0.25, -0.2) is 0 Å². The number of likely N-dealkylation sites (tertiary alicyclic amines) is 1. The molecule has 0 unspecified atom stereocenters. The molecule has 0 N–H and O–H groups in total. The van der Waals surface area contributed by atoms with Gasteiger partial charge < -0.3 is 9.64 Å². The third kappa shape index (κ3) is 1.68. The van der Waals surface area contributed by atoms with Crippen LogP contribution in [0.4, 0.5) is 0 Å². The number of methoxy groups -OCH3 is 1. The fraction of sp³-hybridized carbons (Fsp3) is 0.714. The molecule has 0 saturated carbocycles. The van der Waals surface area contributed by atoms with Crippen LogP contribution >= 0.6 is 12.2 Å². The van der Waals surface area contributed by atoms with Crippen molar-refractivity contribution in [3.8, 4) is 0 Å². The van der Waals surface area contributed by atoms with Crippen molar-refractivity contribution in [1.29, 1.82) is 0 Å². The Labute approximate surface area is 71.3 Å². The van der Waals surface area contributed by atoms with Gasteiger partial charge in [0.05, 0.1) is 18.0 Å². The number of esters is 1. The average molecular weight is 173 g/mol. The Morgan fingerprint density at radius 3 is 2.82 bits per heavy atom. The number of rotatable bonds is 1. The van der Waals surface area contributed by atoms with Gasteiger partial charge in [-0.2, -0.15) is 0 Å². The Balaban J connectivity index is 2.53. The van der Waals surface area contributed by atoms with Crippen LogP contribution in [-0.2, 0) is 9.53 Å². The van der Waals surface area contributed by atoms with Crippen LogP contribution in [-0.4, -0.2) is 36.6 Å². The second kappa shape index (κ2) is 3.17. The maximum Gasteiger partial charge on any atom is 0.310 e. The molecule has 1 atom stereocenters. The molecular weight excluding hydrogens is 162 g/mol. The van der Waals surface area contributed by atoms with E-state index in [9.17, 15) is 4.79 Å². The van der Waals surface area contributed by atoms with Gasteiger partial charge in [-0.15, -0.1) is 0 Å². The molecule has 0 aromatic carbocycles. The van der Waals surface area contributed by atoms with Gasteiger partial charge in [-0.05, 0) is 0 Å². The van der Waals surface area contributed by atoms with Crippen LogP contribution in [0.1, 0.15) is 6.42 Å². The fourth-order valence-electron chi connectivity index (χ4n) is 1.19. The zero-order valence-electron chi connectivity index (χ0n) is 6.66. The number of hydrogen-bond donors (Lipinski definition) is 0. The van der Waals surface area contributed by atoms with Crippen LogP contribution in [0.5, 0.6) is 0 Å². The smallest absolute Gasteiger partial charge is 0.310 e. The van der Waals surface area contributed by atoms with Gasteiger partial charge >= 0.3 is 5.97 Å². The van der Waals surface area contributed by atoms with E-state index in [4.69, 9.17) is 12.2 Å². The van der Waals surface area contributed by atoms with Crippen LogP contribution in [0.2, 0.25) is 0 Å². The van der Waals surface area contributed by atoms with Crippen molar-refractivity contribution < 1.29 is 9.53 Å². The van der Waals surface area contributed by atoms with E-state index in [0.29, 0.717) is 13.0 Å². The Morgan fingerprint density at radius 1 is 1.82 bits per heavy atom. The van der Waals surface area contributed by atoms with Crippen molar-refractivity contribution in [1.82, 2.24) is 4.90 Å². The molecule has 0 spiro atoms. The van der Waals surface area contributed by atoms with Crippen molar-refractivity contribution in [2.24, 2.45) is 5.92 Å². The first-order valence-electron chi connectivity index (χ1n) is 3.47. The quantitative estimate of drug-likeness (QED) is 0.425. The molecule has 1 fully saturated rings. The SMILES string of the molecule is COC(=O)[C@@H]1CC(=S)N(C)C1. The molecule has 0 radical (unpaired) electrons. The molecule has 4 heteroatoms. The van der Waals surface area contributed by atoms with Crippen molar-refractivity contribution in [3.05, 3.63) is 0 Å². The Kier molecular flexibility index (Phi) is 2.44. The minimum atomic E-state index is -0.156. The maximum atomic E-state index is 11.0. The summed E-state index contributed by atoms with van der Waals surface area (Å²) < 4.78 is 4.61. The number of ether oxygens (including phenoxy) is 1. The summed E-state index contributed by atoms with van der Waals surface area (Å²) in [5.41, 5.74) is 0. The predicted molar refractivity (Wildman–Crippen MR) is 45.4 cm³/mol. The molecule has 1 aliphatic rings. The first-order valence-corrected chi connectivity index (χ1v) is 3.87. The van der Waals surface area contributed by atoms with Crippen molar-refractivity contribution in [2.75, 3.05) is 20.7 Å². The molecular formula is C7H11NO2S. The summed E-state index contributed by atoms with van der Waals surface area (Å²) in [6, 6.07) is 0. The number of thiocarbonyl (C=S) groups is 1. The highest BCUT2D eigenvalue weighted by Gasteiger charge is 2.29. The third-order valence-electron chi connectivity index (χ3n) is 1.88. The summed E-state index contributed by atoms with van der Waals surface area (Å²) >= 11 is 5.00. The van der Waals surface area contributed by atoms with E-state index >= 15 is 0 Å². The monoisotopic (exact) mass is 173 g/mol. The number of carbonyl (C=O) groups is 1. The molecule has 1 saturated heterocycles. The Bertz CT molecular complexity index is 193. The van der Waals surface area contributed by atoms with E-state index in [-0.39, 0.29) is 11.9 Å². The molecule has 1 rings (SSSR count). The summed E-state index contributed by atoms with van der Waals surface area (Å²) in [6.07, 6.45) is 0.665. The summed E-state index contributed by atoms with van der Waals surface area (Å²) in [7, 11) is 3.30. The minimum absolute atomic E-state index is 0.0440. The molecule has 0 bridgehead atoms. The highest BCUT2D eigenvalue weighted by molar-refractivity contribution is 7.80. The third-order valence-corrected chi connectivity index (χ3v) is 2.35. The molecule has 62 valence electrons. The Hall–Kier alpha value is -0.640. The lowest BCUT2D eigenvalue weighted by atomic mass is 10.1. The largest absolute Gasteiger partial charge is 0.469 e. The fourth-order valence-corrected chi connectivity index (χ4v) is 1.46. The van der Waals surface area contributed by atoms with Crippen LogP contribution < -0.4 is 0 Å². The molecule has 0 aromatic rings. The zero-order chi connectivity index (χ0) is 8.43. The molecule has 0 aromatic heterocycles. The lowest BCUT2D eigenvalue weighted by molar-refractivity contribution is -0.144. The predicted octanol–water partition coefficient (Wildman–Crippen LogP) is 0.438. The van der Waals surface area contributed by atoms with Gasteiger partial charge in [0.25, 0.3) is 0 Å². The second-order valence-corrected chi connectivity index (χ2v) is 3.17. The van der Waals surface area contributed by atoms with Crippen LogP contribution in [0.15, 0.2) is 0 Å². The maximum absolute atomic E-state index is 11.0. The molecule has 1 heterocycles. The number of hydrogen-bond acceptors (Lipinski definition) is 3. The highest BCUT2D eigenvalue weighted by atomic mass is 32.1. The number of nitrogens with zero attached hydrogens (tertiary/aromatic N) is 1. The van der Waals surface area contributed by atoms with Gasteiger partial charge in [0, 0.05) is 20.0 Å². The van der Waals surface area contributed by atoms with E-state index < -0.39 is 0 Å². The molecule has 0 amide bonds. The first kappa shape index (κ1) is 8.46. The Morgan fingerprint density at radius 2 is 2.45 bits per heavy atom. The minimum Gasteiger partial charge on any atom is -0.469 e. The molecule has 3 nitrogen and oxygen atoms in total. The van der Waals surface area contributed by atoms with Gasteiger partial charge in [-0.3, -0.25) is 4.79 Å². The van der Waals surface area contributed by atoms with Gasteiger partial charge in [-0.1, -0.05) is 12.2 Å². The van der Waals surface area contributed by atoms with Crippen LogP contribution in [0.25, 0.3) is 0 Å². The van der Waals surface area contributed by atoms with Crippen molar-refractivity contribution in [3.63, 3.8) is 0 Å². The van der Waals surface area contributed by atoms with Crippen LogP contribution in [0, 0.1) is 5.92 Å². The molecule has 0 aliphatic carbocycles.